The third kappa shape index (κ3) is 62.2. The SMILES string of the molecule is CCCCCCCCCC/C=C\CCCCCCCCCCCCCCCCCCCCCCCCCCCCCCCC(=O)NC(COP(=O)([O-])OCC[N+](C)(C)C)C(O)/C=C/CC/C=C/CCCCCCCCCC. The van der Waals surface area contributed by atoms with E-state index < -0.39 is 20.0 Å². The lowest BCUT2D eigenvalue weighted by Gasteiger charge is -2.29. The van der Waals surface area contributed by atoms with Crippen LogP contribution in [0.4, 0.5) is 0 Å². The third-order valence-corrected chi connectivity index (χ3v) is 16.5. The monoisotopic (exact) mass is 1100 g/mol. The number of quaternary nitrogens is 1. The Labute approximate surface area is 480 Å². The van der Waals surface area contributed by atoms with E-state index in [0.29, 0.717) is 17.4 Å². The van der Waals surface area contributed by atoms with Crippen LogP contribution in [0.1, 0.15) is 341 Å². The zero-order chi connectivity index (χ0) is 56.3. The molecule has 0 aromatic carbocycles. The Bertz CT molecular complexity index is 1350. The van der Waals surface area contributed by atoms with Crippen LogP contribution in [0.25, 0.3) is 0 Å². The highest BCUT2D eigenvalue weighted by molar-refractivity contribution is 7.45. The largest absolute Gasteiger partial charge is 0.756 e. The molecule has 77 heavy (non-hydrogen) atoms. The summed E-state index contributed by atoms with van der Waals surface area (Å²) in [6, 6.07) is -0.901. The van der Waals surface area contributed by atoms with E-state index in [2.05, 4.69) is 43.5 Å². The Morgan fingerprint density at radius 1 is 0.442 bits per heavy atom. The molecular weight excluding hydrogens is 972 g/mol. The van der Waals surface area contributed by atoms with E-state index in [1.165, 1.54) is 283 Å². The van der Waals surface area contributed by atoms with Crippen LogP contribution in [0.3, 0.4) is 0 Å². The summed E-state index contributed by atoms with van der Waals surface area (Å²) < 4.78 is 23.3. The second-order valence-electron chi connectivity index (χ2n) is 24.5. The Balaban J connectivity index is 3.84. The van der Waals surface area contributed by atoms with Gasteiger partial charge in [0.25, 0.3) is 7.82 Å². The number of rotatable bonds is 63. The molecule has 0 aromatic heterocycles. The molecule has 1 amide bonds. The number of carbonyl (C=O) groups excluding carboxylic acids is 1. The van der Waals surface area contributed by atoms with Crippen molar-refractivity contribution in [1.82, 2.24) is 5.32 Å². The average Bonchev–Trinajstić information content (AvgIpc) is 3.39. The highest BCUT2D eigenvalue weighted by atomic mass is 31.2. The van der Waals surface area contributed by atoms with Crippen LogP contribution >= 0.6 is 7.82 Å². The predicted octanol–water partition coefficient (Wildman–Crippen LogP) is 20.6. The predicted molar refractivity (Wildman–Crippen MR) is 335 cm³/mol. The average molecular weight is 1110 g/mol. The molecule has 0 aliphatic heterocycles. The number of carbonyl (C=O) groups is 1. The lowest BCUT2D eigenvalue weighted by atomic mass is 10.0. The van der Waals surface area contributed by atoms with Crippen LogP contribution in [-0.2, 0) is 18.4 Å². The Morgan fingerprint density at radius 2 is 0.727 bits per heavy atom. The summed E-state index contributed by atoms with van der Waals surface area (Å²) in [6.07, 6.45) is 78.6. The van der Waals surface area contributed by atoms with Gasteiger partial charge in [-0.05, 0) is 57.8 Å². The number of aliphatic hydroxyl groups excluding tert-OH is 1. The maximum atomic E-state index is 13.0. The van der Waals surface area contributed by atoms with Crippen LogP contribution in [-0.4, -0.2) is 68.5 Å². The molecule has 0 saturated heterocycles. The van der Waals surface area contributed by atoms with Gasteiger partial charge in [-0.25, -0.2) is 0 Å². The van der Waals surface area contributed by atoms with E-state index in [9.17, 15) is 19.4 Å². The molecular formula is C68H133N2O6P. The van der Waals surface area contributed by atoms with Crippen LogP contribution in [0.15, 0.2) is 36.5 Å². The second-order valence-corrected chi connectivity index (χ2v) is 25.9. The van der Waals surface area contributed by atoms with Gasteiger partial charge in [0.15, 0.2) is 0 Å². The maximum Gasteiger partial charge on any atom is 0.268 e. The quantitative estimate of drug-likeness (QED) is 0.0272. The summed E-state index contributed by atoms with van der Waals surface area (Å²) in [5, 5.41) is 13.9. The molecule has 0 heterocycles. The van der Waals surface area contributed by atoms with E-state index in [-0.39, 0.29) is 19.1 Å². The Hall–Kier alpha value is -1.28. The number of hydrogen-bond acceptors (Lipinski definition) is 6. The summed E-state index contributed by atoms with van der Waals surface area (Å²) in [7, 11) is 1.26. The van der Waals surface area contributed by atoms with Gasteiger partial charge in [0, 0.05) is 6.42 Å². The van der Waals surface area contributed by atoms with Gasteiger partial charge in [0.1, 0.15) is 13.2 Å². The number of phosphoric acid groups is 1. The molecule has 2 N–H and O–H groups in total. The minimum absolute atomic E-state index is 0.00445. The number of nitrogens with zero attached hydrogens (tertiary/aromatic N) is 1. The van der Waals surface area contributed by atoms with Crippen LogP contribution in [0.2, 0.25) is 0 Å². The van der Waals surface area contributed by atoms with E-state index in [0.717, 1.165) is 38.5 Å². The first kappa shape index (κ1) is 75.7. The lowest BCUT2D eigenvalue weighted by Crippen LogP contribution is -2.45. The fourth-order valence-electron chi connectivity index (χ4n) is 10.3. The van der Waals surface area contributed by atoms with Crippen LogP contribution < -0.4 is 10.2 Å². The summed E-state index contributed by atoms with van der Waals surface area (Å²) in [6.45, 7) is 4.65. The Kier molecular flexibility index (Phi) is 58.4. The van der Waals surface area contributed by atoms with Gasteiger partial charge >= 0.3 is 0 Å². The number of hydrogen-bond donors (Lipinski definition) is 2. The van der Waals surface area contributed by atoms with E-state index in [1.807, 2.05) is 27.2 Å². The molecule has 0 rings (SSSR count). The zero-order valence-electron chi connectivity index (χ0n) is 52.2. The number of amides is 1. The van der Waals surface area contributed by atoms with Crippen molar-refractivity contribution in [1.29, 1.82) is 0 Å². The highest BCUT2D eigenvalue weighted by Crippen LogP contribution is 2.38. The molecule has 0 aliphatic carbocycles. The van der Waals surface area contributed by atoms with Crippen molar-refractivity contribution in [2.24, 2.45) is 0 Å². The molecule has 8 nitrogen and oxygen atoms in total. The number of nitrogens with one attached hydrogen (secondary N) is 1. The summed E-state index contributed by atoms with van der Waals surface area (Å²) in [4.78, 5) is 25.5. The van der Waals surface area contributed by atoms with Gasteiger partial charge in [0.2, 0.25) is 5.91 Å². The molecule has 0 fully saturated rings. The standard InChI is InChI=1S/C68H133N2O6P/c1-6-8-10-12-14-16-18-20-22-23-24-25-26-27-28-29-30-31-32-33-34-35-36-37-38-39-40-41-42-43-44-45-46-47-48-50-52-54-56-58-60-62-68(72)69-66(65-76-77(73,74)75-64-63-70(3,4)5)67(71)61-59-57-55-53-51-49-21-19-17-15-13-11-9-7-2/h23-24,51,53,59,61,66-67,71H,6-22,25-50,52,54-58,60,62-65H2,1-5H3,(H-,69,72,73,74)/b24-23-,53-51+,61-59+. The molecule has 0 aromatic rings. The van der Waals surface area contributed by atoms with Crippen molar-refractivity contribution in [2.75, 3.05) is 40.9 Å². The minimum Gasteiger partial charge on any atom is -0.756 e. The Morgan fingerprint density at radius 3 is 1.05 bits per heavy atom. The van der Waals surface area contributed by atoms with Crippen molar-refractivity contribution < 1.29 is 32.9 Å². The van der Waals surface area contributed by atoms with E-state index >= 15 is 0 Å². The molecule has 3 atom stereocenters. The maximum absolute atomic E-state index is 13.0. The van der Waals surface area contributed by atoms with Crippen molar-refractivity contribution in [2.45, 2.75) is 353 Å². The topological polar surface area (TPSA) is 108 Å². The van der Waals surface area contributed by atoms with Gasteiger partial charge < -0.3 is 28.8 Å². The van der Waals surface area contributed by atoms with Gasteiger partial charge in [-0.2, -0.15) is 0 Å². The molecule has 9 heteroatoms. The fourth-order valence-corrected chi connectivity index (χ4v) is 11.0. The van der Waals surface area contributed by atoms with Gasteiger partial charge in [-0.15, -0.1) is 0 Å². The van der Waals surface area contributed by atoms with E-state index in [1.54, 1.807) is 6.08 Å². The molecule has 0 aliphatic rings. The summed E-state index contributed by atoms with van der Waals surface area (Å²) in [5.74, 6) is -0.201. The first-order valence-corrected chi connectivity index (χ1v) is 35.3. The van der Waals surface area contributed by atoms with Crippen molar-refractivity contribution >= 4 is 13.7 Å². The third-order valence-electron chi connectivity index (χ3n) is 15.6. The molecule has 3 unspecified atom stereocenters. The fraction of sp³-hybridized carbons (Fsp3) is 0.897. The molecule has 0 spiro atoms. The molecule has 0 saturated carbocycles. The molecule has 0 bridgehead atoms. The van der Waals surface area contributed by atoms with Gasteiger partial charge in [-0.1, -0.05) is 314 Å². The van der Waals surface area contributed by atoms with Crippen molar-refractivity contribution in [3.63, 3.8) is 0 Å². The number of phosphoric ester groups is 1. The molecule has 0 radical (unpaired) electrons. The lowest BCUT2D eigenvalue weighted by molar-refractivity contribution is -0.870. The van der Waals surface area contributed by atoms with E-state index in [4.69, 9.17) is 9.05 Å². The number of unbranched alkanes of at least 4 members (excludes halogenated alkanes) is 46. The zero-order valence-corrected chi connectivity index (χ0v) is 53.1. The van der Waals surface area contributed by atoms with Gasteiger partial charge in [-0.3, -0.25) is 9.36 Å². The second kappa shape index (κ2) is 59.3. The van der Waals surface area contributed by atoms with Crippen LogP contribution in [0, 0.1) is 0 Å². The van der Waals surface area contributed by atoms with Gasteiger partial charge in [0.05, 0.1) is 39.9 Å². The first-order valence-electron chi connectivity index (χ1n) is 33.9. The minimum atomic E-state index is -4.60. The highest BCUT2D eigenvalue weighted by Gasteiger charge is 2.23. The number of aliphatic hydroxyl groups is 1. The number of allylic oxidation sites excluding steroid dienone is 5. The smallest absolute Gasteiger partial charge is 0.268 e. The molecule has 456 valence electrons. The summed E-state index contributed by atoms with van der Waals surface area (Å²) in [5.41, 5.74) is 0. The van der Waals surface area contributed by atoms with Crippen molar-refractivity contribution in [3.05, 3.63) is 36.5 Å². The number of likely N-dealkylation sites (N-methyl/N-ethyl adjacent to an activating group) is 1. The van der Waals surface area contributed by atoms with Crippen molar-refractivity contribution in [3.8, 4) is 0 Å². The first-order chi connectivity index (χ1) is 37.5. The summed E-state index contributed by atoms with van der Waals surface area (Å²) >= 11 is 0. The normalized spacial score (nSPS) is 13.9. The van der Waals surface area contributed by atoms with Crippen LogP contribution in [0.5, 0.6) is 0 Å².